The Morgan fingerprint density at radius 1 is 1.38 bits per heavy atom. The third-order valence-electron chi connectivity index (χ3n) is 4.33. The van der Waals surface area contributed by atoms with Gasteiger partial charge in [-0.15, -0.1) is 0 Å². The summed E-state index contributed by atoms with van der Waals surface area (Å²) in [6, 6.07) is 8.76. The minimum absolute atomic E-state index is 0.329. The Morgan fingerprint density at radius 2 is 2.24 bits per heavy atom. The van der Waals surface area contributed by atoms with Crippen molar-refractivity contribution >= 4 is 11.0 Å². The van der Waals surface area contributed by atoms with Gasteiger partial charge in [0.05, 0.1) is 17.1 Å². The van der Waals surface area contributed by atoms with E-state index in [-0.39, 0.29) is 0 Å². The van der Waals surface area contributed by atoms with Crippen molar-refractivity contribution in [3.63, 3.8) is 0 Å². The molecule has 0 radical (unpaired) electrons. The Balaban J connectivity index is 1.87. The summed E-state index contributed by atoms with van der Waals surface area (Å²) >= 11 is 0. The van der Waals surface area contributed by atoms with Crippen molar-refractivity contribution in [2.24, 2.45) is 0 Å². The number of benzene rings is 1. The molecule has 21 heavy (non-hydrogen) atoms. The van der Waals surface area contributed by atoms with Gasteiger partial charge < -0.3 is 14.6 Å². The van der Waals surface area contributed by atoms with Gasteiger partial charge in [-0.05, 0) is 38.4 Å². The maximum atomic E-state index is 5.89. The zero-order valence-electron chi connectivity index (χ0n) is 13.0. The SMILES string of the molecule is CCNC(Cc1nc2ccccc2n1CC)C1CCCO1. The molecule has 2 unspecified atom stereocenters. The van der Waals surface area contributed by atoms with E-state index in [1.807, 2.05) is 0 Å². The zero-order valence-corrected chi connectivity index (χ0v) is 13.0. The molecular formula is C17H25N3O. The molecule has 1 aliphatic heterocycles. The largest absolute Gasteiger partial charge is 0.377 e. The molecule has 0 aliphatic carbocycles. The average molecular weight is 287 g/mol. The second kappa shape index (κ2) is 6.58. The van der Waals surface area contributed by atoms with Crippen LogP contribution in [0.25, 0.3) is 11.0 Å². The average Bonchev–Trinajstić information content (AvgIpc) is 3.14. The minimum Gasteiger partial charge on any atom is -0.377 e. The maximum absolute atomic E-state index is 5.89. The third-order valence-corrected chi connectivity index (χ3v) is 4.33. The molecule has 4 heteroatoms. The molecular weight excluding hydrogens is 262 g/mol. The molecule has 0 amide bonds. The van der Waals surface area contributed by atoms with Crippen LogP contribution in [0.1, 0.15) is 32.5 Å². The minimum atomic E-state index is 0.329. The summed E-state index contributed by atoms with van der Waals surface area (Å²) in [7, 11) is 0. The summed E-state index contributed by atoms with van der Waals surface area (Å²) in [6.45, 7) is 7.17. The summed E-state index contributed by atoms with van der Waals surface area (Å²) in [5.41, 5.74) is 2.33. The Morgan fingerprint density at radius 3 is 2.95 bits per heavy atom. The van der Waals surface area contributed by atoms with Gasteiger partial charge in [0.1, 0.15) is 5.82 Å². The fraction of sp³-hybridized carbons (Fsp3) is 0.588. The van der Waals surface area contributed by atoms with Crippen molar-refractivity contribution in [1.29, 1.82) is 0 Å². The molecule has 2 atom stereocenters. The van der Waals surface area contributed by atoms with Crippen LogP contribution >= 0.6 is 0 Å². The van der Waals surface area contributed by atoms with Gasteiger partial charge in [-0.3, -0.25) is 0 Å². The number of hydrogen-bond acceptors (Lipinski definition) is 3. The molecule has 1 aromatic heterocycles. The zero-order chi connectivity index (χ0) is 14.7. The van der Waals surface area contributed by atoms with Crippen LogP contribution in [0.2, 0.25) is 0 Å². The van der Waals surface area contributed by atoms with E-state index in [2.05, 4.69) is 48.0 Å². The predicted octanol–water partition coefficient (Wildman–Crippen LogP) is 2.76. The second-order valence-corrected chi connectivity index (χ2v) is 5.68. The lowest BCUT2D eigenvalue weighted by Gasteiger charge is -2.23. The van der Waals surface area contributed by atoms with Crippen LogP contribution in [0.5, 0.6) is 0 Å². The fourth-order valence-electron chi connectivity index (χ4n) is 3.35. The van der Waals surface area contributed by atoms with E-state index in [1.165, 1.54) is 17.8 Å². The fourth-order valence-corrected chi connectivity index (χ4v) is 3.35. The monoisotopic (exact) mass is 287 g/mol. The Bertz CT molecular complexity index is 587. The number of nitrogens with zero attached hydrogens (tertiary/aromatic N) is 2. The molecule has 1 aromatic carbocycles. The quantitative estimate of drug-likeness (QED) is 0.888. The van der Waals surface area contributed by atoms with Crippen LogP contribution < -0.4 is 5.32 Å². The van der Waals surface area contributed by atoms with E-state index in [4.69, 9.17) is 9.72 Å². The van der Waals surface area contributed by atoms with Gasteiger partial charge in [0.25, 0.3) is 0 Å². The van der Waals surface area contributed by atoms with Crippen molar-refractivity contribution in [2.75, 3.05) is 13.2 Å². The summed E-state index contributed by atoms with van der Waals surface area (Å²) in [4.78, 5) is 4.84. The lowest BCUT2D eigenvalue weighted by atomic mass is 10.0. The maximum Gasteiger partial charge on any atom is 0.111 e. The van der Waals surface area contributed by atoms with Crippen molar-refractivity contribution in [3.8, 4) is 0 Å². The van der Waals surface area contributed by atoms with Gasteiger partial charge in [0, 0.05) is 25.6 Å². The number of hydrogen-bond donors (Lipinski definition) is 1. The highest BCUT2D eigenvalue weighted by atomic mass is 16.5. The molecule has 1 aliphatic rings. The highest BCUT2D eigenvalue weighted by Gasteiger charge is 2.27. The van der Waals surface area contributed by atoms with Gasteiger partial charge in [0.2, 0.25) is 0 Å². The molecule has 1 saturated heterocycles. The first-order chi connectivity index (χ1) is 10.3. The van der Waals surface area contributed by atoms with Crippen LogP contribution in [-0.4, -0.2) is 34.8 Å². The van der Waals surface area contributed by atoms with E-state index in [0.717, 1.165) is 38.1 Å². The van der Waals surface area contributed by atoms with Crippen LogP contribution in [0.3, 0.4) is 0 Å². The van der Waals surface area contributed by atoms with Crippen molar-refractivity contribution in [3.05, 3.63) is 30.1 Å². The van der Waals surface area contributed by atoms with Crippen LogP contribution in [0, 0.1) is 0 Å². The van der Waals surface area contributed by atoms with E-state index in [1.54, 1.807) is 0 Å². The van der Waals surface area contributed by atoms with Crippen molar-refractivity contribution in [1.82, 2.24) is 14.9 Å². The number of imidazole rings is 1. The highest BCUT2D eigenvalue weighted by molar-refractivity contribution is 5.75. The van der Waals surface area contributed by atoms with Gasteiger partial charge in [0.15, 0.2) is 0 Å². The standard InChI is InChI=1S/C17H25N3O/c1-3-18-14(16-10-7-11-21-16)12-17-19-13-8-5-6-9-15(13)20(17)4-2/h5-6,8-9,14,16,18H,3-4,7,10-12H2,1-2H3. The number of nitrogens with one attached hydrogen (secondary N) is 1. The van der Waals surface area contributed by atoms with Gasteiger partial charge in [-0.1, -0.05) is 19.1 Å². The van der Waals surface area contributed by atoms with Crippen LogP contribution in [-0.2, 0) is 17.7 Å². The van der Waals surface area contributed by atoms with Gasteiger partial charge in [-0.2, -0.15) is 0 Å². The number of rotatable bonds is 6. The lowest BCUT2D eigenvalue weighted by molar-refractivity contribution is 0.0780. The normalized spacial score (nSPS) is 20.2. The topological polar surface area (TPSA) is 39.1 Å². The Kier molecular flexibility index (Phi) is 4.56. The summed E-state index contributed by atoms with van der Waals surface area (Å²) in [6.07, 6.45) is 3.59. The number of fused-ring (bicyclic) bond motifs is 1. The second-order valence-electron chi connectivity index (χ2n) is 5.68. The molecule has 4 nitrogen and oxygen atoms in total. The molecule has 0 bridgehead atoms. The molecule has 1 N–H and O–H groups in total. The smallest absolute Gasteiger partial charge is 0.111 e. The first-order valence-corrected chi connectivity index (χ1v) is 8.12. The molecule has 114 valence electrons. The Labute approximate surface area is 126 Å². The number of likely N-dealkylation sites (N-methyl/N-ethyl adjacent to an activating group) is 1. The Hall–Kier alpha value is -1.39. The van der Waals surface area contributed by atoms with Gasteiger partial charge >= 0.3 is 0 Å². The van der Waals surface area contributed by atoms with Crippen molar-refractivity contribution < 1.29 is 4.74 Å². The number of aromatic nitrogens is 2. The van der Waals surface area contributed by atoms with E-state index in [0.29, 0.717) is 12.1 Å². The van der Waals surface area contributed by atoms with Crippen LogP contribution in [0.15, 0.2) is 24.3 Å². The van der Waals surface area contributed by atoms with E-state index in [9.17, 15) is 0 Å². The number of aryl methyl sites for hydroxylation is 1. The molecule has 1 fully saturated rings. The predicted molar refractivity (Wildman–Crippen MR) is 85.5 cm³/mol. The van der Waals surface area contributed by atoms with E-state index < -0.39 is 0 Å². The molecule has 0 saturated carbocycles. The summed E-state index contributed by atoms with van der Waals surface area (Å²) in [5, 5.41) is 3.59. The summed E-state index contributed by atoms with van der Waals surface area (Å²) < 4.78 is 8.22. The molecule has 2 aromatic rings. The van der Waals surface area contributed by atoms with E-state index >= 15 is 0 Å². The summed E-state index contributed by atoms with van der Waals surface area (Å²) in [5.74, 6) is 1.17. The lowest BCUT2D eigenvalue weighted by Crippen LogP contribution is -2.41. The third kappa shape index (κ3) is 2.97. The molecule has 0 spiro atoms. The van der Waals surface area contributed by atoms with Gasteiger partial charge in [-0.25, -0.2) is 4.98 Å². The first-order valence-electron chi connectivity index (χ1n) is 8.12. The first kappa shape index (κ1) is 14.5. The number of para-hydroxylation sites is 2. The van der Waals surface area contributed by atoms with Crippen molar-refractivity contribution in [2.45, 2.75) is 51.8 Å². The van der Waals surface area contributed by atoms with Crippen LogP contribution in [0.4, 0.5) is 0 Å². The number of ether oxygens (including phenoxy) is 1. The highest BCUT2D eigenvalue weighted by Crippen LogP contribution is 2.21. The molecule has 2 heterocycles. The molecule has 3 rings (SSSR count).